The van der Waals surface area contributed by atoms with Gasteiger partial charge in [-0.2, -0.15) is 18.3 Å². The number of morpholine rings is 2. The van der Waals surface area contributed by atoms with Gasteiger partial charge in [-0.05, 0) is 48.5 Å². The molecule has 236 valence electrons. The first-order chi connectivity index (χ1) is 21.5. The molecule has 2 aromatic heterocycles. The number of hydrazine groups is 1. The highest BCUT2D eigenvalue weighted by atomic mass is 19.4. The SMILES string of the molecule is CN(C)NC(=O)c1ccc(NC(=O)Nc2ccc(-c3nc(N4C5COCC4COC5)c4cnn(CC(F)(F)F)c4n3)cc2)cc1. The number of carbonyl (C=O) groups is 2. The Balaban J connectivity index is 1.23. The lowest BCUT2D eigenvalue weighted by Gasteiger charge is -2.46. The summed E-state index contributed by atoms with van der Waals surface area (Å²) >= 11 is 0. The van der Waals surface area contributed by atoms with Gasteiger partial charge in [-0.25, -0.2) is 24.5 Å². The molecule has 13 nitrogen and oxygen atoms in total. The standard InChI is InChI=1S/C29H30F3N9O4/c1-39(2)38-27(42)18-5-9-20(10-6-18)35-28(43)34-19-7-3-17(4-8-19)24-36-25-23(11-33-40(25)16-29(30,31)32)26(37-24)41-21-12-44-14-22(41)15-45-13-21/h3-11,21-22H,12-16H2,1-2H3,(H,38,42)(H2,34,35,43). The van der Waals surface area contributed by atoms with Crippen LogP contribution in [0.15, 0.2) is 54.7 Å². The van der Waals surface area contributed by atoms with Crippen molar-refractivity contribution < 1.29 is 32.2 Å². The molecule has 0 unspecified atom stereocenters. The molecule has 3 amide bonds. The molecular weight excluding hydrogens is 595 g/mol. The van der Waals surface area contributed by atoms with E-state index in [0.717, 1.165) is 4.68 Å². The van der Waals surface area contributed by atoms with Gasteiger partial charge in [0, 0.05) is 36.6 Å². The van der Waals surface area contributed by atoms with E-state index in [-0.39, 0.29) is 29.5 Å². The predicted molar refractivity (Wildman–Crippen MR) is 159 cm³/mol. The third-order valence-corrected chi connectivity index (χ3v) is 7.21. The Morgan fingerprint density at radius 1 is 0.911 bits per heavy atom. The maximum Gasteiger partial charge on any atom is 0.408 e. The maximum atomic E-state index is 13.4. The molecule has 2 bridgehead atoms. The molecule has 0 aliphatic carbocycles. The number of hydrogen-bond donors (Lipinski definition) is 3. The van der Waals surface area contributed by atoms with Gasteiger partial charge in [-0.3, -0.25) is 10.2 Å². The van der Waals surface area contributed by atoms with Crippen LogP contribution < -0.4 is 21.0 Å². The van der Waals surface area contributed by atoms with Crippen LogP contribution in [0.2, 0.25) is 0 Å². The fourth-order valence-electron chi connectivity index (χ4n) is 5.26. The second-order valence-corrected chi connectivity index (χ2v) is 10.9. The van der Waals surface area contributed by atoms with E-state index >= 15 is 0 Å². The monoisotopic (exact) mass is 625 g/mol. The number of rotatable bonds is 7. The molecule has 0 saturated carbocycles. The summed E-state index contributed by atoms with van der Waals surface area (Å²) in [6.45, 7) is 0.285. The average Bonchev–Trinajstić information content (AvgIpc) is 3.37. The number of nitrogens with zero attached hydrogens (tertiary/aromatic N) is 6. The van der Waals surface area contributed by atoms with Gasteiger partial charge in [0.1, 0.15) is 12.4 Å². The van der Waals surface area contributed by atoms with E-state index in [1.807, 2.05) is 4.90 Å². The Labute approximate surface area is 255 Å². The van der Waals surface area contributed by atoms with E-state index in [1.165, 1.54) is 11.2 Å². The number of alkyl halides is 3. The number of ether oxygens (including phenoxy) is 2. The summed E-state index contributed by atoms with van der Waals surface area (Å²) in [4.78, 5) is 36.1. The van der Waals surface area contributed by atoms with Crippen molar-refractivity contribution in [3.63, 3.8) is 0 Å². The van der Waals surface area contributed by atoms with Crippen molar-refractivity contribution in [2.75, 3.05) is 56.1 Å². The van der Waals surface area contributed by atoms with Crippen LogP contribution in [0, 0.1) is 0 Å². The lowest BCUT2D eigenvalue weighted by molar-refractivity contribution is -0.141. The van der Waals surface area contributed by atoms with Gasteiger partial charge in [-0.15, -0.1) is 0 Å². The minimum atomic E-state index is -4.50. The smallest absolute Gasteiger partial charge is 0.377 e. The Kier molecular flexibility index (Phi) is 8.26. The molecule has 0 radical (unpaired) electrons. The largest absolute Gasteiger partial charge is 0.408 e. The molecule has 2 aliphatic heterocycles. The Morgan fingerprint density at radius 2 is 1.49 bits per heavy atom. The number of anilines is 3. The van der Waals surface area contributed by atoms with Crippen LogP contribution >= 0.6 is 0 Å². The normalized spacial score (nSPS) is 18.2. The number of carbonyl (C=O) groups excluding carboxylic acids is 2. The molecule has 2 aromatic carbocycles. The Bertz CT molecular complexity index is 1670. The number of urea groups is 1. The second-order valence-electron chi connectivity index (χ2n) is 10.9. The topological polar surface area (TPSA) is 139 Å². The van der Waals surface area contributed by atoms with E-state index < -0.39 is 18.8 Å². The van der Waals surface area contributed by atoms with E-state index in [9.17, 15) is 22.8 Å². The molecule has 16 heteroatoms. The number of amides is 3. The first-order valence-electron chi connectivity index (χ1n) is 14.0. The molecule has 6 rings (SSSR count). The summed E-state index contributed by atoms with van der Waals surface area (Å²) in [6.07, 6.45) is -3.13. The number of aromatic nitrogens is 4. The van der Waals surface area contributed by atoms with Gasteiger partial charge < -0.3 is 25.0 Å². The van der Waals surface area contributed by atoms with Crippen molar-refractivity contribution in [2.45, 2.75) is 24.8 Å². The molecule has 2 saturated heterocycles. The maximum absolute atomic E-state index is 13.4. The lowest BCUT2D eigenvalue weighted by Crippen LogP contribution is -2.60. The molecule has 45 heavy (non-hydrogen) atoms. The van der Waals surface area contributed by atoms with Crippen LogP contribution in [0.5, 0.6) is 0 Å². The molecule has 2 aliphatic rings. The van der Waals surface area contributed by atoms with E-state index in [1.54, 1.807) is 62.6 Å². The van der Waals surface area contributed by atoms with Crippen molar-refractivity contribution >= 4 is 40.2 Å². The van der Waals surface area contributed by atoms with Crippen LogP contribution in [0.1, 0.15) is 10.4 Å². The zero-order chi connectivity index (χ0) is 31.7. The van der Waals surface area contributed by atoms with E-state index in [4.69, 9.17) is 14.5 Å². The highest BCUT2D eigenvalue weighted by Crippen LogP contribution is 2.34. The summed E-state index contributed by atoms with van der Waals surface area (Å²) in [7, 11) is 3.40. The van der Waals surface area contributed by atoms with Crippen LogP contribution in [0.4, 0.5) is 35.2 Å². The minimum absolute atomic E-state index is 0.0598. The molecule has 0 spiro atoms. The fraction of sp³-hybridized carbons (Fsp3) is 0.345. The average molecular weight is 626 g/mol. The molecule has 4 aromatic rings. The summed E-state index contributed by atoms with van der Waals surface area (Å²) in [6, 6.07) is 12.2. The van der Waals surface area contributed by atoms with E-state index in [0.29, 0.717) is 60.1 Å². The van der Waals surface area contributed by atoms with Crippen LogP contribution in [-0.2, 0) is 16.0 Å². The van der Waals surface area contributed by atoms with Crippen molar-refractivity contribution in [3.05, 3.63) is 60.3 Å². The van der Waals surface area contributed by atoms with Gasteiger partial charge >= 0.3 is 12.2 Å². The third-order valence-electron chi connectivity index (χ3n) is 7.21. The summed E-state index contributed by atoms with van der Waals surface area (Å²) < 4.78 is 52.4. The number of nitrogens with one attached hydrogen (secondary N) is 3. The third kappa shape index (κ3) is 6.82. The number of halogens is 3. The summed E-state index contributed by atoms with van der Waals surface area (Å²) in [5.74, 6) is 0.399. The molecule has 3 N–H and O–H groups in total. The Hall–Kier alpha value is -4.80. The first-order valence-corrected chi connectivity index (χ1v) is 14.0. The molecule has 0 atom stereocenters. The van der Waals surface area contributed by atoms with Gasteiger partial charge in [0.2, 0.25) is 0 Å². The van der Waals surface area contributed by atoms with Gasteiger partial charge in [-0.1, -0.05) is 0 Å². The summed E-state index contributed by atoms with van der Waals surface area (Å²) in [5, 5.41) is 11.4. The van der Waals surface area contributed by atoms with Gasteiger partial charge in [0.15, 0.2) is 11.5 Å². The quantitative estimate of drug-likeness (QED) is 0.264. The van der Waals surface area contributed by atoms with Crippen LogP contribution in [0.3, 0.4) is 0 Å². The predicted octanol–water partition coefficient (Wildman–Crippen LogP) is 3.51. The Morgan fingerprint density at radius 3 is 2.04 bits per heavy atom. The van der Waals surface area contributed by atoms with E-state index in [2.05, 4.69) is 26.1 Å². The van der Waals surface area contributed by atoms with Crippen molar-refractivity contribution in [1.29, 1.82) is 0 Å². The highest BCUT2D eigenvalue weighted by Gasteiger charge is 2.38. The number of hydrogen-bond acceptors (Lipinski definition) is 9. The first kappa shape index (κ1) is 30.2. The van der Waals surface area contributed by atoms with Gasteiger partial charge in [0.05, 0.1) is 50.1 Å². The van der Waals surface area contributed by atoms with Crippen LogP contribution in [0.25, 0.3) is 22.4 Å². The number of fused-ring (bicyclic) bond motifs is 3. The van der Waals surface area contributed by atoms with Gasteiger partial charge in [0.25, 0.3) is 5.91 Å². The van der Waals surface area contributed by atoms with Crippen molar-refractivity contribution in [3.8, 4) is 11.4 Å². The lowest BCUT2D eigenvalue weighted by atomic mass is 10.1. The fourth-order valence-corrected chi connectivity index (χ4v) is 5.26. The van der Waals surface area contributed by atoms with Crippen LogP contribution in [-0.4, -0.2) is 95.5 Å². The van der Waals surface area contributed by atoms with Crippen molar-refractivity contribution in [1.82, 2.24) is 30.2 Å². The second kappa shape index (κ2) is 12.3. The molecule has 4 heterocycles. The zero-order valence-electron chi connectivity index (χ0n) is 24.3. The molecular formula is C29H30F3N9O4. The minimum Gasteiger partial charge on any atom is -0.377 e. The summed E-state index contributed by atoms with van der Waals surface area (Å²) in [5.41, 5.74) is 4.60. The highest BCUT2D eigenvalue weighted by molar-refractivity contribution is 6.00. The van der Waals surface area contributed by atoms with Crippen molar-refractivity contribution in [2.24, 2.45) is 0 Å². The zero-order valence-corrected chi connectivity index (χ0v) is 24.3. The number of benzene rings is 2. The molecule has 2 fully saturated rings.